The Morgan fingerprint density at radius 3 is 2.44 bits per heavy atom. The van der Waals surface area contributed by atoms with Crippen molar-refractivity contribution < 1.29 is 9.59 Å². The van der Waals surface area contributed by atoms with Gasteiger partial charge in [0.15, 0.2) is 0 Å². The Kier molecular flexibility index (Phi) is 6.08. The van der Waals surface area contributed by atoms with Crippen LogP contribution in [0.2, 0.25) is 5.02 Å². The van der Waals surface area contributed by atoms with E-state index in [1.807, 2.05) is 31.2 Å². The SMILES string of the molecule is Cc1ccc(C(N)C(=O)N2CCC(C(=O)Nc3ccc(Cl)cn3)CC2)cc1. The van der Waals surface area contributed by atoms with E-state index in [1.165, 1.54) is 6.20 Å². The second-order valence-corrected chi connectivity index (χ2v) is 7.28. The first-order valence-electron chi connectivity index (χ1n) is 8.97. The van der Waals surface area contributed by atoms with Crippen molar-refractivity contribution in [1.82, 2.24) is 9.88 Å². The maximum atomic E-state index is 12.7. The van der Waals surface area contributed by atoms with Gasteiger partial charge in [-0.2, -0.15) is 0 Å². The van der Waals surface area contributed by atoms with E-state index in [0.29, 0.717) is 36.8 Å². The summed E-state index contributed by atoms with van der Waals surface area (Å²) in [6.45, 7) is 3.03. The summed E-state index contributed by atoms with van der Waals surface area (Å²) in [7, 11) is 0. The average molecular weight is 387 g/mol. The molecule has 1 saturated heterocycles. The molecule has 1 aliphatic heterocycles. The fourth-order valence-corrected chi connectivity index (χ4v) is 3.26. The van der Waals surface area contributed by atoms with Gasteiger partial charge in [0.05, 0.1) is 5.02 Å². The summed E-state index contributed by atoms with van der Waals surface area (Å²) in [4.78, 5) is 30.9. The molecule has 1 atom stereocenters. The van der Waals surface area contributed by atoms with Gasteiger partial charge in [0.2, 0.25) is 11.8 Å². The summed E-state index contributed by atoms with van der Waals surface area (Å²) in [5, 5.41) is 3.32. The van der Waals surface area contributed by atoms with Crippen LogP contribution in [0.5, 0.6) is 0 Å². The lowest BCUT2D eigenvalue weighted by Gasteiger charge is -2.33. The van der Waals surface area contributed by atoms with E-state index in [9.17, 15) is 9.59 Å². The second-order valence-electron chi connectivity index (χ2n) is 6.84. The van der Waals surface area contributed by atoms with E-state index in [2.05, 4.69) is 10.3 Å². The zero-order valence-corrected chi connectivity index (χ0v) is 15.9. The van der Waals surface area contributed by atoms with Gasteiger partial charge >= 0.3 is 0 Å². The van der Waals surface area contributed by atoms with Crippen molar-refractivity contribution in [3.63, 3.8) is 0 Å². The molecule has 3 N–H and O–H groups in total. The number of hydrogen-bond donors (Lipinski definition) is 2. The third kappa shape index (κ3) is 4.84. The fourth-order valence-electron chi connectivity index (χ4n) is 3.15. The van der Waals surface area contributed by atoms with Crippen LogP contribution in [-0.2, 0) is 9.59 Å². The summed E-state index contributed by atoms with van der Waals surface area (Å²) in [5.74, 6) is 0.142. The molecule has 0 spiro atoms. The number of halogens is 1. The number of benzene rings is 1. The molecule has 1 aliphatic rings. The number of likely N-dealkylation sites (tertiary alicyclic amines) is 1. The molecule has 2 heterocycles. The third-order valence-electron chi connectivity index (χ3n) is 4.86. The molecule has 1 unspecified atom stereocenters. The van der Waals surface area contributed by atoms with Crippen molar-refractivity contribution in [3.8, 4) is 0 Å². The predicted molar refractivity (Wildman–Crippen MR) is 105 cm³/mol. The van der Waals surface area contributed by atoms with Gasteiger partial charge in [-0.15, -0.1) is 0 Å². The summed E-state index contributed by atoms with van der Waals surface area (Å²) in [6, 6.07) is 10.3. The van der Waals surface area contributed by atoms with Gasteiger partial charge in [-0.25, -0.2) is 4.98 Å². The third-order valence-corrected chi connectivity index (χ3v) is 5.08. The molecule has 0 bridgehead atoms. The van der Waals surface area contributed by atoms with E-state index < -0.39 is 6.04 Å². The molecule has 1 fully saturated rings. The Morgan fingerprint density at radius 1 is 1.19 bits per heavy atom. The molecule has 1 aromatic carbocycles. The Morgan fingerprint density at radius 2 is 1.85 bits per heavy atom. The number of aromatic nitrogens is 1. The van der Waals surface area contributed by atoms with Crippen LogP contribution in [0, 0.1) is 12.8 Å². The lowest BCUT2D eigenvalue weighted by molar-refractivity contribution is -0.135. The maximum Gasteiger partial charge on any atom is 0.244 e. The molecule has 1 aromatic heterocycles. The molecule has 3 rings (SSSR count). The van der Waals surface area contributed by atoms with Crippen molar-refractivity contribution in [3.05, 3.63) is 58.7 Å². The number of pyridine rings is 1. The molecule has 0 aliphatic carbocycles. The van der Waals surface area contributed by atoms with Crippen molar-refractivity contribution in [1.29, 1.82) is 0 Å². The first-order valence-corrected chi connectivity index (χ1v) is 9.35. The maximum absolute atomic E-state index is 12.7. The van der Waals surface area contributed by atoms with E-state index >= 15 is 0 Å². The largest absolute Gasteiger partial charge is 0.341 e. The lowest BCUT2D eigenvalue weighted by Crippen LogP contribution is -2.45. The number of piperidine rings is 1. The normalized spacial score (nSPS) is 16.0. The molecule has 2 amide bonds. The number of nitrogens with zero attached hydrogens (tertiary/aromatic N) is 2. The summed E-state index contributed by atoms with van der Waals surface area (Å²) >= 11 is 5.80. The molecule has 27 heavy (non-hydrogen) atoms. The first-order chi connectivity index (χ1) is 12.9. The fraction of sp³-hybridized carbons (Fsp3) is 0.350. The smallest absolute Gasteiger partial charge is 0.244 e. The molecule has 7 heteroatoms. The van der Waals surface area contributed by atoms with Crippen LogP contribution in [0.3, 0.4) is 0 Å². The number of carbonyl (C=O) groups excluding carboxylic acids is 2. The molecular formula is C20H23ClN4O2. The zero-order chi connectivity index (χ0) is 19.4. The highest BCUT2D eigenvalue weighted by atomic mass is 35.5. The number of nitrogens with one attached hydrogen (secondary N) is 1. The summed E-state index contributed by atoms with van der Waals surface area (Å²) < 4.78 is 0. The Hall–Kier alpha value is -2.44. The number of hydrogen-bond acceptors (Lipinski definition) is 4. The van der Waals surface area contributed by atoms with Crippen molar-refractivity contribution in [2.24, 2.45) is 11.7 Å². The first kappa shape index (κ1) is 19.3. The summed E-state index contributed by atoms with van der Waals surface area (Å²) in [5.41, 5.74) is 8.07. The molecule has 142 valence electrons. The van der Waals surface area contributed by atoms with E-state index in [1.54, 1.807) is 17.0 Å². The van der Waals surface area contributed by atoms with Crippen LogP contribution in [0.1, 0.15) is 30.0 Å². The number of anilines is 1. The minimum atomic E-state index is -0.672. The van der Waals surface area contributed by atoms with Crippen LogP contribution in [0.15, 0.2) is 42.6 Å². The Balaban J connectivity index is 1.53. The molecule has 2 aromatic rings. The number of carbonyl (C=O) groups is 2. The monoisotopic (exact) mass is 386 g/mol. The lowest BCUT2D eigenvalue weighted by atomic mass is 9.95. The molecule has 6 nitrogen and oxygen atoms in total. The van der Waals surface area contributed by atoms with Gasteiger partial charge < -0.3 is 16.0 Å². The highest BCUT2D eigenvalue weighted by molar-refractivity contribution is 6.30. The minimum Gasteiger partial charge on any atom is -0.341 e. The number of nitrogens with two attached hydrogens (primary N) is 1. The highest BCUT2D eigenvalue weighted by Crippen LogP contribution is 2.22. The zero-order valence-electron chi connectivity index (χ0n) is 15.2. The number of aryl methyl sites for hydroxylation is 1. The van der Waals surface area contributed by atoms with E-state index in [4.69, 9.17) is 17.3 Å². The van der Waals surface area contributed by atoms with Gasteiger partial charge in [0.1, 0.15) is 11.9 Å². The second kappa shape index (κ2) is 8.50. The van der Waals surface area contributed by atoms with Crippen LogP contribution < -0.4 is 11.1 Å². The van der Waals surface area contributed by atoms with Gasteiger partial charge in [-0.05, 0) is 37.5 Å². The van der Waals surface area contributed by atoms with Crippen molar-refractivity contribution in [2.45, 2.75) is 25.8 Å². The summed E-state index contributed by atoms with van der Waals surface area (Å²) in [6.07, 6.45) is 2.70. The minimum absolute atomic E-state index is 0.0836. The van der Waals surface area contributed by atoms with Gasteiger partial charge in [0.25, 0.3) is 0 Å². The molecule has 0 radical (unpaired) electrons. The van der Waals surface area contributed by atoms with Crippen LogP contribution in [-0.4, -0.2) is 34.8 Å². The predicted octanol–water partition coefficient (Wildman–Crippen LogP) is 2.92. The molecular weight excluding hydrogens is 364 g/mol. The van der Waals surface area contributed by atoms with Gasteiger partial charge in [-0.3, -0.25) is 9.59 Å². The van der Waals surface area contributed by atoms with Gasteiger partial charge in [0, 0.05) is 25.2 Å². The van der Waals surface area contributed by atoms with Crippen LogP contribution in [0.25, 0.3) is 0 Å². The number of rotatable bonds is 4. The average Bonchev–Trinajstić information content (AvgIpc) is 2.69. The quantitative estimate of drug-likeness (QED) is 0.845. The Bertz CT molecular complexity index is 800. The van der Waals surface area contributed by atoms with Crippen molar-refractivity contribution >= 4 is 29.2 Å². The van der Waals surface area contributed by atoms with Gasteiger partial charge in [-0.1, -0.05) is 41.4 Å². The standard InChI is InChI=1S/C20H23ClN4O2/c1-13-2-4-14(5-3-13)18(22)20(27)25-10-8-15(9-11-25)19(26)24-17-7-6-16(21)12-23-17/h2-7,12,15,18H,8-11,22H2,1H3,(H,23,24,26). The van der Waals surface area contributed by atoms with E-state index in [-0.39, 0.29) is 17.7 Å². The highest BCUT2D eigenvalue weighted by Gasteiger charge is 2.30. The van der Waals surface area contributed by atoms with Crippen molar-refractivity contribution in [2.75, 3.05) is 18.4 Å². The van der Waals surface area contributed by atoms with Crippen LogP contribution >= 0.6 is 11.6 Å². The van der Waals surface area contributed by atoms with Crippen LogP contribution in [0.4, 0.5) is 5.82 Å². The molecule has 0 saturated carbocycles. The van der Waals surface area contributed by atoms with E-state index in [0.717, 1.165) is 11.1 Å². The number of amides is 2. The topological polar surface area (TPSA) is 88.3 Å². The Labute approximate surface area is 163 Å².